The first-order valence-corrected chi connectivity index (χ1v) is 7.14. The van der Waals surface area contributed by atoms with Crippen molar-refractivity contribution >= 4 is 28.0 Å². The van der Waals surface area contributed by atoms with Gasteiger partial charge in [-0.1, -0.05) is 0 Å². The van der Waals surface area contributed by atoms with Gasteiger partial charge in [-0.25, -0.2) is 17.8 Å². The number of aliphatic imine (C=N–C) groups is 2. The lowest BCUT2D eigenvalue weighted by molar-refractivity contribution is -0.117. The Bertz CT molecular complexity index is 665. The van der Waals surface area contributed by atoms with Crippen LogP contribution >= 0.6 is 0 Å². The minimum absolute atomic E-state index is 0.122. The predicted molar refractivity (Wildman–Crippen MR) is 68.2 cm³/mol. The zero-order chi connectivity index (χ0) is 14.0. The summed E-state index contributed by atoms with van der Waals surface area (Å²) in [6.45, 7) is 0. The molecule has 0 fully saturated rings. The second kappa shape index (κ2) is 4.98. The zero-order valence-corrected chi connectivity index (χ0v) is 10.7. The molecular formula is C11H10FN3O3S. The van der Waals surface area contributed by atoms with Crippen molar-refractivity contribution in [3.8, 4) is 0 Å². The van der Waals surface area contributed by atoms with Crippen molar-refractivity contribution < 1.29 is 17.6 Å². The fourth-order valence-electron chi connectivity index (χ4n) is 1.46. The molecule has 2 rings (SSSR count). The van der Waals surface area contributed by atoms with Gasteiger partial charge < -0.3 is 0 Å². The third kappa shape index (κ3) is 3.52. The average molecular weight is 283 g/mol. The fourth-order valence-corrected chi connectivity index (χ4v) is 2.08. The topological polar surface area (TPSA) is 88.0 Å². The van der Waals surface area contributed by atoms with Crippen molar-refractivity contribution in [2.75, 3.05) is 6.26 Å². The SMILES string of the molecule is CS(=O)(=O)NC1C=NC(c2ccc(F)cc2)=NC1=O. The Morgan fingerprint density at radius 1 is 1.26 bits per heavy atom. The largest absolute Gasteiger partial charge is 0.271 e. The molecule has 0 aliphatic carbocycles. The maximum atomic E-state index is 12.8. The summed E-state index contributed by atoms with van der Waals surface area (Å²) in [7, 11) is -3.53. The molecule has 1 aromatic carbocycles. The molecule has 1 heterocycles. The van der Waals surface area contributed by atoms with Crippen LogP contribution in [0.1, 0.15) is 5.56 Å². The Morgan fingerprint density at radius 2 is 1.89 bits per heavy atom. The molecule has 100 valence electrons. The first-order chi connectivity index (χ1) is 8.85. The quantitative estimate of drug-likeness (QED) is 0.853. The van der Waals surface area contributed by atoms with E-state index in [1.807, 2.05) is 0 Å². The molecule has 1 N–H and O–H groups in total. The molecule has 6 nitrogen and oxygen atoms in total. The number of halogens is 1. The van der Waals surface area contributed by atoms with Crippen LogP contribution in [0.2, 0.25) is 0 Å². The van der Waals surface area contributed by atoms with Crippen LogP contribution in [0.15, 0.2) is 34.3 Å². The van der Waals surface area contributed by atoms with Gasteiger partial charge in [0.05, 0.1) is 6.26 Å². The number of nitrogens with one attached hydrogen (secondary N) is 1. The summed E-state index contributed by atoms with van der Waals surface area (Å²) in [6.07, 6.45) is 2.10. The van der Waals surface area contributed by atoms with Gasteiger partial charge in [0.1, 0.15) is 11.9 Å². The maximum absolute atomic E-state index is 12.8. The Hall–Kier alpha value is -1.93. The standard InChI is InChI=1S/C11H10FN3O3S/c1-19(17,18)15-9-6-13-10(14-11(9)16)7-2-4-8(12)5-3-7/h2-6,9,15H,1H3. The molecule has 1 aromatic rings. The lowest BCUT2D eigenvalue weighted by Gasteiger charge is -2.13. The minimum atomic E-state index is -3.53. The molecule has 0 bridgehead atoms. The Kier molecular flexibility index (Phi) is 3.54. The lowest BCUT2D eigenvalue weighted by atomic mass is 10.2. The van der Waals surface area contributed by atoms with E-state index in [4.69, 9.17) is 0 Å². The maximum Gasteiger partial charge on any atom is 0.271 e. The molecule has 0 spiro atoms. The van der Waals surface area contributed by atoms with Gasteiger partial charge in [0.25, 0.3) is 5.91 Å². The predicted octanol–water partition coefficient (Wildman–Crippen LogP) is 0.101. The number of carbonyl (C=O) groups is 1. The molecule has 1 unspecified atom stereocenters. The number of amidine groups is 1. The first-order valence-electron chi connectivity index (χ1n) is 5.25. The molecule has 0 saturated heterocycles. The summed E-state index contributed by atoms with van der Waals surface area (Å²) in [4.78, 5) is 19.2. The van der Waals surface area contributed by atoms with E-state index < -0.39 is 27.8 Å². The summed E-state index contributed by atoms with van der Waals surface area (Å²) in [5.74, 6) is -0.955. The van der Waals surface area contributed by atoms with Gasteiger partial charge in [0.15, 0.2) is 5.84 Å². The van der Waals surface area contributed by atoms with E-state index in [0.717, 1.165) is 12.5 Å². The zero-order valence-electron chi connectivity index (χ0n) is 9.87. The number of sulfonamides is 1. The monoisotopic (exact) mass is 283 g/mol. The highest BCUT2D eigenvalue weighted by atomic mass is 32.2. The third-order valence-electron chi connectivity index (χ3n) is 2.27. The van der Waals surface area contributed by atoms with Crippen molar-refractivity contribution in [3.63, 3.8) is 0 Å². The van der Waals surface area contributed by atoms with Gasteiger partial charge >= 0.3 is 0 Å². The Morgan fingerprint density at radius 3 is 2.42 bits per heavy atom. The highest BCUT2D eigenvalue weighted by Gasteiger charge is 2.24. The molecule has 1 aliphatic rings. The van der Waals surface area contributed by atoms with E-state index in [-0.39, 0.29) is 5.84 Å². The number of carbonyl (C=O) groups excluding carboxylic acids is 1. The van der Waals surface area contributed by atoms with E-state index in [1.165, 1.54) is 24.3 Å². The molecule has 1 aliphatic heterocycles. The number of rotatable bonds is 3. The van der Waals surface area contributed by atoms with E-state index >= 15 is 0 Å². The summed E-state index contributed by atoms with van der Waals surface area (Å²) in [5.41, 5.74) is 0.476. The van der Waals surface area contributed by atoms with Crippen molar-refractivity contribution in [2.24, 2.45) is 9.98 Å². The summed E-state index contributed by atoms with van der Waals surface area (Å²) in [5, 5.41) is 0. The van der Waals surface area contributed by atoms with Crippen molar-refractivity contribution in [1.29, 1.82) is 0 Å². The molecule has 8 heteroatoms. The molecule has 19 heavy (non-hydrogen) atoms. The van der Waals surface area contributed by atoms with Crippen molar-refractivity contribution in [1.82, 2.24) is 4.72 Å². The van der Waals surface area contributed by atoms with Crippen LogP contribution < -0.4 is 4.72 Å². The number of hydrogen-bond donors (Lipinski definition) is 1. The highest BCUT2D eigenvalue weighted by molar-refractivity contribution is 7.88. The first kappa shape index (κ1) is 13.5. The summed E-state index contributed by atoms with van der Waals surface area (Å²) < 4.78 is 36.9. The van der Waals surface area contributed by atoms with E-state index in [9.17, 15) is 17.6 Å². The second-order valence-electron chi connectivity index (χ2n) is 3.93. The van der Waals surface area contributed by atoms with Crippen LogP contribution in [0.5, 0.6) is 0 Å². The lowest BCUT2D eigenvalue weighted by Crippen LogP contribution is -2.42. The van der Waals surface area contributed by atoms with Gasteiger partial charge in [0, 0.05) is 11.8 Å². The number of nitrogens with zero attached hydrogens (tertiary/aromatic N) is 2. The van der Waals surface area contributed by atoms with Crippen LogP contribution in [-0.2, 0) is 14.8 Å². The summed E-state index contributed by atoms with van der Waals surface area (Å²) in [6, 6.07) is 4.21. The molecule has 0 aromatic heterocycles. The molecular weight excluding hydrogens is 273 g/mol. The van der Waals surface area contributed by atoms with Gasteiger partial charge in [-0.15, -0.1) is 0 Å². The van der Waals surface area contributed by atoms with Crippen LogP contribution in [0.3, 0.4) is 0 Å². The van der Waals surface area contributed by atoms with Crippen molar-refractivity contribution in [2.45, 2.75) is 6.04 Å². The average Bonchev–Trinajstić information content (AvgIpc) is 2.31. The number of hydrogen-bond acceptors (Lipinski definition) is 4. The van der Waals surface area contributed by atoms with Crippen LogP contribution in [0, 0.1) is 5.82 Å². The van der Waals surface area contributed by atoms with E-state index in [2.05, 4.69) is 14.7 Å². The van der Waals surface area contributed by atoms with Crippen molar-refractivity contribution in [3.05, 3.63) is 35.6 Å². The van der Waals surface area contributed by atoms with Crippen LogP contribution in [0.25, 0.3) is 0 Å². The Labute approximate surface area is 109 Å². The second-order valence-corrected chi connectivity index (χ2v) is 5.71. The fraction of sp³-hybridized carbons (Fsp3) is 0.182. The molecule has 1 amide bonds. The number of amides is 1. The molecule has 0 saturated carbocycles. The highest BCUT2D eigenvalue weighted by Crippen LogP contribution is 2.08. The van der Waals surface area contributed by atoms with Gasteiger partial charge in [-0.2, -0.15) is 9.71 Å². The third-order valence-corrected chi connectivity index (χ3v) is 2.95. The smallest absolute Gasteiger partial charge is 0.270 e. The summed E-state index contributed by atoms with van der Waals surface area (Å²) >= 11 is 0. The van der Waals surface area contributed by atoms with Crippen LogP contribution in [-0.4, -0.2) is 38.7 Å². The Balaban J connectivity index is 2.21. The van der Waals surface area contributed by atoms with E-state index in [0.29, 0.717) is 5.56 Å². The minimum Gasteiger partial charge on any atom is -0.270 e. The van der Waals surface area contributed by atoms with Gasteiger partial charge in [0.2, 0.25) is 10.0 Å². The molecule has 1 atom stereocenters. The molecule has 0 radical (unpaired) electrons. The van der Waals surface area contributed by atoms with Gasteiger partial charge in [-0.05, 0) is 24.3 Å². The number of benzene rings is 1. The van der Waals surface area contributed by atoms with Gasteiger partial charge in [-0.3, -0.25) is 4.79 Å². The van der Waals surface area contributed by atoms with E-state index in [1.54, 1.807) is 0 Å². The normalized spacial score (nSPS) is 19.4. The van der Waals surface area contributed by atoms with Crippen LogP contribution in [0.4, 0.5) is 4.39 Å².